The minimum absolute atomic E-state index is 0.267. The maximum atomic E-state index is 12.4. The Hall–Kier alpha value is -3.23. The van der Waals surface area contributed by atoms with Crippen molar-refractivity contribution in [3.05, 3.63) is 29.3 Å². The Balaban J connectivity index is 1.53. The zero-order valence-corrected chi connectivity index (χ0v) is 16.9. The van der Waals surface area contributed by atoms with E-state index in [4.69, 9.17) is 4.74 Å². The van der Waals surface area contributed by atoms with Crippen molar-refractivity contribution in [3.63, 3.8) is 0 Å². The third-order valence-electron chi connectivity index (χ3n) is 5.52. The fraction of sp³-hybridized carbons (Fsp3) is 0.476. The summed E-state index contributed by atoms with van der Waals surface area (Å²) in [6.07, 6.45) is 3.12. The lowest BCUT2D eigenvalue weighted by molar-refractivity contribution is -0.154. The molecule has 0 radical (unpaired) electrons. The summed E-state index contributed by atoms with van der Waals surface area (Å²) < 4.78 is 9.59. The molecule has 160 valence electrons. The summed E-state index contributed by atoms with van der Waals surface area (Å²) in [5.41, 5.74) is 1.36. The minimum Gasteiger partial charge on any atom is -0.465 e. The van der Waals surface area contributed by atoms with Crippen LogP contribution in [0.15, 0.2) is 18.2 Å². The molecule has 2 atom stereocenters. The Bertz CT molecular complexity index is 871. The summed E-state index contributed by atoms with van der Waals surface area (Å²) in [5.74, 6) is -3.33. The molecule has 9 nitrogen and oxygen atoms in total. The number of methoxy groups -OCH3 is 1. The molecule has 1 N–H and O–H groups in total. The average molecular weight is 416 g/mol. The highest BCUT2D eigenvalue weighted by molar-refractivity contribution is 6.07. The Morgan fingerprint density at radius 2 is 1.73 bits per heavy atom. The third-order valence-corrected chi connectivity index (χ3v) is 5.52. The molecule has 1 aromatic rings. The van der Waals surface area contributed by atoms with Crippen molar-refractivity contribution in [2.45, 2.75) is 32.6 Å². The van der Waals surface area contributed by atoms with E-state index >= 15 is 0 Å². The first-order valence-electron chi connectivity index (χ1n) is 9.81. The van der Waals surface area contributed by atoms with E-state index in [0.717, 1.165) is 17.7 Å². The van der Waals surface area contributed by atoms with Gasteiger partial charge in [-0.15, -0.1) is 0 Å². The summed E-state index contributed by atoms with van der Waals surface area (Å²) in [4.78, 5) is 61.6. The van der Waals surface area contributed by atoms with Crippen LogP contribution in [0.5, 0.6) is 0 Å². The molecule has 2 unspecified atom stereocenters. The number of anilines is 1. The van der Waals surface area contributed by atoms with Gasteiger partial charge in [0.1, 0.15) is 6.54 Å². The number of nitrogens with zero attached hydrogens (tertiary/aromatic N) is 1. The van der Waals surface area contributed by atoms with Gasteiger partial charge >= 0.3 is 11.9 Å². The lowest BCUT2D eigenvalue weighted by atomic mass is 9.81. The molecule has 2 aliphatic rings. The molecule has 0 aromatic heterocycles. The lowest BCUT2D eigenvalue weighted by Gasteiger charge is -2.19. The van der Waals surface area contributed by atoms with Gasteiger partial charge in [0.15, 0.2) is 6.61 Å². The first-order chi connectivity index (χ1) is 14.3. The predicted molar refractivity (Wildman–Crippen MR) is 104 cm³/mol. The highest BCUT2D eigenvalue weighted by Gasteiger charge is 2.48. The van der Waals surface area contributed by atoms with Crippen LogP contribution < -0.4 is 5.32 Å². The summed E-state index contributed by atoms with van der Waals surface area (Å²) in [6, 6.07) is 4.68. The summed E-state index contributed by atoms with van der Waals surface area (Å²) in [7, 11) is 1.25. The first-order valence-corrected chi connectivity index (χ1v) is 9.81. The SMILES string of the molecule is COC(=O)c1ccc(C)c(NC(=O)COC(=O)CN2C(=O)C3CCCCC3C2=O)c1. The molecule has 0 bridgehead atoms. The van der Waals surface area contributed by atoms with Crippen LogP contribution in [0.1, 0.15) is 41.6 Å². The molecule has 1 aliphatic heterocycles. The molecule has 9 heteroatoms. The highest BCUT2D eigenvalue weighted by atomic mass is 16.5. The third kappa shape index (κ3) is 4.50. The van der Waals surface area contributed by atoms with Crippen LogP contribution in [-0.4, -0.2) is 54.8 Å². The fourth-order valence-electron chi connectivity index (χ4n) is 3.90. The predicted octanol–water partition coefficient (Wildman–Crippen LogP) is 1.44. The van der Waals surface area contributed by atoms with Gasteiger partial charge in [-0.05, 0) is 37.5 Å². The van der Waals surface area contributed by atoms with Crippen molar-refractivity contribution in [2.75, 3.05) is 25.6 Å². The molecule has 3 rings (SSSR count). The van der Waals surface area contributed by atoms with Crippen molar-refractivity contribution >= 4 is 35.3 Å². The Morgan fingerprint density at radius 1 is 1.10 bits per heavy atom. The standard InChI is InChI=1S/C21H24N2O7/c1-12-7-8-13(21(28)29-2)9-16(12)22-17(24)11-30-18(25)10-23-19(26)14-5-3-4-6-15(14)20(23)27/h7-9,14-15H,3-6,10-11H2,1-2H3,(H,22,24). The highest BCUT2D eigenvalue weighted by Crippen LogP contribution is 2.37. The number of aryl methyl sites for hydroxylation is 1. The summed E-state index contributed by atoms with van der Waals surface area (Å²) in [5, 5.41) is 2.57. The van der Waals surface area contributed by atoms with E-state index in [1.54, 1.807) is 19.1 Å². The Morgan fingerprint density at radius 3 is 2.33 bits per heavy atom. The lowest BCUT2D eigenvalue weighted by Crippen LogP contribution is -2.37. The van der Waals surface area contributed by atoms with Crippen LogP contribution in [0.4, 0.5) is 5.69 Å². The smallest absolute Gasteiger partial charge is 0.337 e. The van der Waals surface area contributed by atoms with E-state index in [1.165, 1.54) is 13.2 Å². The number of rotatable bonds is 6. The topological polar surface area (TPSA) is 119 Å². The van der Waals surface area contributed by atoms with Gasteiger partial charge in [0, 0.05) is 5.69 Å². The number of benzene rings is 1. The van der Waals surface area contributed by atoms with Crippen LogP contribution in [0.2, 0.25) is 0 Å². The average Bonchev–Trinajstić information content (AvgIpc) is 2.98. The molecule has 2 fully saturated rings. The Labute approximate surface area is 173 Å². The van der Waals surface area contributed by atoms with E-state index in [0.29, 0.717) is 24.1 Å². The molecule has 1 saturated carbocycles. The van der Waals surface area contributed by atoms with Crippen LogP contribution >= 0.6 is 0 Å². The van der Waals surface area contributed by atoms with Crippen LogP contribution in [0.25, 0.3) is 0 Å². The maximum Gasteiger partial charge on any atom is 0.337 e. The second kappa shape index (κ2) is 9.06. The number of amides is 3. The number of esters is 2. The summed E-state index contributed by atoms with van der Waals surface area (Å²) in [6.45, 7) is 0.672. The minimum atomic E-state index is -0.828. The monoisotopic (exact) mass is 416 g/mol. The van der Waals surface area contributed by atoms with Gasteiger partial charge in [-0.25, -0.2) is 4.79 Å². The quantitative estimate of drug-likeness (QED) is 0.550. The molecule has 1 aromatic carbocycles. The zero-order chi connectivity index (χ0) is 21.8. The van der Waals surface area contributed by atoms with Crippen molar-refractivity contribution < 1.29 is 33.4 Å². The van der Waals surface area contributed by atoms with Crippen LogP contribution in [0.3, 0.4) is 0 Å². The number of carbonyl (C=O) groups is 5. The van der Waals surface area contributed by atoms with Gasteiger partial charge < -0.3 is 14.8 Å². The maximum absolute atomic E-state index is 12.4. The van der Waals surface area contributed by atoms with Crippen molar-refractivity contribution in [2.24, 2.45) is 11.8 Å². The number of nitrogens with one attached hydrogen (secondary N) is 1. The normalized spacial score (nSPS) is 20.5. The van der Waals surface area contributed by atoms with Crippen molar-refractivity contribution in [1.82, 2.24) is 4.90 Å². The number of fused-ring (bicyclic) bond motifs is 1. The van der Waals surface area contributed by atoms with Gasteiger partial charge in [0.05, 0.1) is 24.5 Å². The van der Waals surface area contributed by atoms with E-state index in [9.17, 15) is 24.0 Å². The van der Waals surface area contributed by atoms with E-state index < -0.39 is 31.0 Å². The van der Waals surface area contributed by atoms with Gasteiger partial charge in [-0.3, -0.25) is 24.1 Å². The molecule has 1 saturated heterocycles. The number of imide groups is 1. The first kappa shape index (κ1) is 21.5. The second-order valence-electron chi connectivity index (χ2n) is 7.49. The van der Waals surface area contributed by atoms with E-state index in [-0.39, 0.29) is 29.2 Å². The largest absolute Gasteiger partial charge is 0.465 e. The summed E-state index contributed by atoms with van der Waals surface area (Å²) >= 11 is 0. The fourth-order valence-corrected chi connectivity index (χ4v) is 3.90. The molecular weight excluding hydrogens is 392 g/mol. The Kier molecular flexibility index (Phi) is 6.49. The van der Waals surface area contributed by atoms with Gasteiger partial charge in [0.25, 0.3) is 5.91 Å². The number of ether oxygens (including phenoxy) is 2. The van der Waals surface area contributed by atoms with Gasteiger partial charge in [0.2, 0.25) is 11.8 Å². The van der Waals surface area contributed by atoms with Crippen LogP contribution in [0, 0.1) is 18.8 Å². The number of hydrogen-bond acceptors (Lipinski definition) is 7. The molecule has 1 heterocycles. The van der Waals surface area contributed by atoms with Crippen molar-refractivity contribution in [1.29, 1.82) is 0 Å². The van der Waals surface area contributed by atoms with E-state index in [2.05, 4.69) is 10.1 Å². The second-order valence-corrected chi connectivity index (χ2v) is 7.49. The number of hydrogen-bond donors (Lipinski definition) is 1. The molecule has 3 amide bonds. The van der Waals surface area contributed by atoms with Gasteiger partial charge in [-0.1, -0.05) is 18.9 Å². The zero-order valence-electron chi connectivity index (χ0n) is 16.9. The van der Waals surface area contributed by atoms with E-state index in [1.807, 2.05) is 0 Å². The molecular formula is C21H24N2O7. The van der Waals surface area contributed by atoms with Crippen LogP contribution in [-0.2, 0) is 28.7 Å². The number of likely N-dealkylation sites (tertiary alicyclic amines) is 1. The molecule has 1 aliphatic carbocycles. The molecule has 0 spiro atoms. The molecule has 30 heavy (non-hydrogen) atoms. The number of carbonyl (C=O) groups excluding carboxylic acids is 5. The van der Waals surface area contributed by atoms with Crippen molar-refractivity contribution in [3.8, 4) is 0 Å². The van der Waals surface area contributed by atoms with Gasteiger partial charge in [-0.2, -0.15) is 0 Å².